The van der Waals surface area contributed by atoms with Crippen molar-refractivity contribution in [1.82, 2.24) is 5.32 Å². The van der Waals surface area contributed by atoms with Gasteiger partial charge in [0.1, 0.15) is 6.61 Å². The van der Waals surface area contributed by atoms with Gasteiger partial charge in [0.05, 0.1) is 0 Å². The van der Waals surface area contributed by atoms with Crippen molar-refractivity contribution in [3.8, 4) is 0 Å². The van der Waals surface area contributed by atoms with E-state index in [1.54, 1.807) is 12.5 Å². The van der Waals surface area contributed by atoms with Gasteiger partial charge in [0.25, 0.3) is 5.91 Å². The van der Waals surface area contributed by atoms with E-state index in [0.717, 1.165) is 10.5 Å². The van der Waals surface area contributed by atoms with E-state index in [4.69, 9.17) is 4.74 Å². The van der Waals surface area contributed by atoms with E-state index in [9.17, 15) is 4.79 Å². The van der Waals surface area contributed by atoms with E-state index < -0.39 is 0 Å². The number of nitrogens with one attached hydrogen (secondary N) is 1. The van der Waals surface area contributed by atoms with E-state index >= 15 is 0 Å². The van der Waals surface area contributed by atoms with Crippen molar-refractivity contribution >= 4 is 17.7 Å². The monoisotopic (exact) mass is 299 g/mol. The Balaban J connectivity index is 2.02. The molecular formula is C17H17NO2S. The fraction of sp³-hybridized carbons (Fsp3) is 0.118. The molecule has 0 bridgehead atoms. The maximum absolute atomic E-state index is 11.8. The van der Waals surface area contributed by atoms with Crippen LogP contribution >= 0.6 is 11.8 Å². The second-order valence-electron chi connectivity index (χ2n) is 4.27. The Morgan fingerprint density at radius 3 is 2.33 bits per heavy atom. The van der Waals surface area contributed by atoms with Gasteiger partial charge in [0.2, 0.25) is 0 Å². The molecule has 0 saturated heterocycles. The second-order valence-corrected chi connectivity index (χ2v) is 5.21. The molecule has 0 aromatic heterocycles. The van der Waals surface area contributed by atoms with Gasteiger partial charge in [-0.1, -0.05) is 60.3 Å². The summed E-state index contributed by atoms with van der Waals surface area (Å²) < 4.78 is 5.63. The first-order valence-electron chi connectivity index (χ1n) is 6.60. The highest BCUT2D eigenvalue weighted by molar-refractivity contribution is 8.02. The molecule has 0 fully saturated rings. The number of thioether (sulfide) groups is 1. The molecular weight excluding hydrogens is 282 g/mol. The van der Waals surface area contributed by atoms with Gasteiger partial charge in [-0.3, -0.25) is 4.79 Å². The number of carbonyl (C=O) groups excluding carboxylic acids is 1. The fourth-order valence-electron chi connectivity index (χ4n) is 1.63. The van der Waals surface area contributed by atoms with Crippen LogP contribution in [0.2, 0.25) is 0 Å². The number of amides is 1. The van der Waals surface area contributed by atoms with Crippen LogP contribution in [0.25, 0.3) is 0 Å². The summed E-state index contributed by atoms with van der Waals surface area (Å²) in [5, 5.41) is 4.33. The van der Waals surface area contributed by atoms with Crippen LogP contribution in [-0.2, 0) is 16.1 Å². The van der Waals surface area contributed by atoms with Gasteiger partial charge >= 0.3 is 0 Å². The second kappa shape index (κ2) is 8.17. The fourth-order valence-corrected chi connectivity index (χ4v) is 2.36. The summed E-state index contributed by atoms with van der Waals surface area (Å²) in [4.78, 5) is 12.9. The van der Waals surface area contributed by atoms with Gasteiger partial charge in [-0.2, -0.15) is 0 Å². The van der Waals surface area contributed by atoms with Crippen LogP contribution < -0.4 is 5.32 Å². The Morgan fingerprint density at radius 2 is 1.71 bits per heavy atom. The average molecular weight is 299 g/mol. The molecule has 108 valence electrons. The highest BCUT2D eigenvalue weighted by atomic mass is 32.2. The van der Waals surface area contributed by atoms with Gasteiger partial charge in [-0.25, -0.2) is 0 Å². The van der Waals surface area contributed by atoms with Gasteiger partial charge in [-0.15, -0.1) is 0 Å². The molecule has 0 unspecified atom stereocenters. The molecule has 0 aliphatic rings. The molecule has 2 rings (SSSR count). The third-order valence-electron chi connectivity index (χ3n) is 2.73. The Morgan fingerprint density at radius 1 is 1.10 bits per heavy atom. The number of ether oxygens (including phenoxy) is 1. The maximum Gasteiger partial charge on any atom is 0.286 e. The van der Waals surface area contributed by atoms with Crippen LogP contribution in [0.15, 0.2) is 76.7 Å². The van der Waals surface area contributed by atoms with E-state index in [-0.39, 0.29) is 5.91 Å². The van der Waals surface area contributed by atoms with Crippen LogP contribution in [0.3, 0.4) is 0 Å². The van der Waals surface area contributed by atoms with E-state index in [1.165, 1.54) is 11.8 Å². The summed E-state index contributed by atoms with van der Waals surface area (Å²) in [5.41, 5.74) is 1.03. The molecule has 0 saturated carbocycles. The minimum absolute atomic E-state index is 0.227. The highest BCUT2D eigenvalue weighted by Crippen LogP contribution is 2.21. The number of hydrogen-bond acceptors (Lipinski definition) is 3. The molecule has 0 aliphatic heterocycles. The van der Waals surface area contributed by atoms with Crippen LogP contribution in [-0.4, -0.2) is 13.0 Å². The third kappa shape index (κ3) is 5.00. The lowest BCUT2D eigenvalue weighted by molar-refractivity contribution is -0.120. The summed E-state index contributed by atoms with van der Waals surface area (Å²) in [6.07, 6.45) is 0. The minimum atomic E-state index is -0.227. The quantitative estimate of drug-likeness (QED) is 0.503. The number of benzene rings is 2. The highest BCUT2D eigenvalue weighted by Gasteiger charge is 2.09. The Bertz CT molecular complexity index is 597. The number of carbonyl (C=O) groups is 1. The first-order valence-corrected chi connectivity index (χ1v) is 7.48. The van der Waals surface area contributed by atoms with E-state index in [2.05, 4.69) is 5.32 Å². The van der Waals surface area contributed by atoms with Crippen molar-refractivity contribution in [1.29, 1.82) is 0 Å². The zero-order valence-electron chi connectivity index (χ0n) is 11.8. The van der Waals surface area contributed by atoms with Gasteiger partial charge in [0.15, 0.2) is 5.76 Å². The lowest BCUT2D eigenvalue weighted by Crippen LogP contribution is -2.21. The van der Waals surface area contributed by atoms with E-state index in [0.29, 0.717) is 12.4 Å². The lowest BCUT2D eigenvalue weighted by atomic mass is 10.2. The minimum Gasteiger partial charge on any atom is -0.483 e. The first kappa shape index (κ1) is 15.2. The zero-order valence-corrected chi connectivity index (χ0v) is 12.6. The summed E-state index contributed by atoms with van der Waals surface area (Å²) in [7, 11) is 1.59. The molecule has 0 heterocycles. The molecule has 1 N–H and O–H groups in total. The van der Waals surface area contributed by atoms with Crippen molar-refractivity contribution in [2.45, 2.75) is 11.5 Å². The molecule has 2 aromatic carbocycles. The summed E-state index contributed by atoms with van der Waals surface area (Å²) in [5.74, 6) is 0.0876. The Labute approximate surface area is 129 Å². The molecule has 0 aliphatic carbocycles. The lowest BCUT2D eigenvalue weighted by Gasteiger charge is -2.09. The molecule has 2 aromatic rings. The molecule has 3 nitrogen and oxygen atoms in total. The van der Waals surface area contributed by atoms with Gasteiger partial charge < -0.3 is 10.1 Å². The Hall–Kier alpha value is -2.20. The van der Waals surface area contributed by atoms with Crippen molar-refractivity contribution < 1.29 is 9.53 Å². The van der Waals surface area contributed by atoms with Crippen LogP contribution in [0.1, 0.15) is 5.56 Å². The normalized spacial score (nSPS) is 11.0. The number of hydrogen-bond donors (Lipinski definition) is 1. The predicted octanol–water partition coefficient (Wildman–Crippen LogP) is 3.58. The molecule has 0 radical (unpaired) electrons. The molecule has 21 heavy (non-hydrogen) atoms. The van der Waals surface area contributed by atoms with Crippen molar-refractivity contribution in [2.24, 2.45) is 0 Å². The smallest absolute Gasteiger partial charge is 0.286 e. The number of likely N-dealkylation sites (N-methyl/N-ethyl adjacent to an activating group) is 1. The van der Waals surface area contributed by atoms with Crippen LogP contribution in [0.4, 0.5) is 0 Å². The summed E-state index contributed by atoms with van der Waals surface area (Å²) in [6.45, 7) is 0.370. The predicted molar refractivity (Wildman–Crippen MR) is 85.7 cm³/mol. The standard InChI is InChI=1S/C17H17NO2S/c1-18-17(19)16(13-21-15-10-6-3-7-11-15)20-12-14-8-4-2-5-9-14/h2-11,13H,12H2,1H3,(H,18,19)/b16-13-. The summed E-state index contributed by atoms with van der Waals surface area (Å²) in [6, 6.07) is 19.6. The van der Waals surface area contributed by atoms with Gasteiger partial charge in [0, 0.05) is 17.4 Å². The summed E-state index contributed by atoms with van der Waals surface area (Å²) >= 11 is 1.46. The van der Waals surface area contributed by atoms with Crippen LogP contribution in [0, 0.1) is 0 Å². The third-order valence-corrected chi connectivity index (χ3v) is 3.61. The van der Waals surface area contributed by atoms with E-state index in [1.807, 2.05) is 60.7 Å². The maximum atomic E-state index is 11.8. The van der Waals surface area contributed by atoms with Crippen molar-refractivity contribution in [3.05, 3.63) is 77.4 Å². The Kier molecular flexibility index (Phi) is 5.91. The molecule has 0 spiro atoms. The first-order chi connectivity index (χ1) is 10.3. The van der Waals surface area contributed by atoms with Gasteiger partial charge in [-0.05, 0) is 17.7 Å². The van der Waals surface area contributed by atoms with Crippen molar-refractivity contribution in [3.63, 3.8) is 0 Å². The van der Waals surface area contributed by atoms with Crippen molar-refractivity contribution in [2.75, 3.05) is 7.05 Å². The van der Waals surface area contributed by atoms with Crippen LogP contribution in [0.5, 0.6) is 0 Å². The SMILES string of the molecule is CNC(=O)/C(=C/Sc1ccccc1)OCc1ccccc1. The topological polar surface area (TPSA) is 38.3 Å². The molecule has 0 atom stereocenters. The largest absolute Gasteiger partial charge is 0.483 e. The average Bonchev–Trinajstić information content (AvgIpc) is 2.56. The molecule has 1 amide bonds. The zero-order chi connectivity index (χ0) is 14.9. The number of rotatable bonds is 6. The molecule has 4 heteroatoms.